The molecule has 2 N–H and O–H groups in total. The van der Waals surface area contributed by atoms with E-state index in [9.17, 15) is 9.59 Å². The van der Waals surface area contributed by atoms with Crippen LogP contribution in [-0.2, 0) is 9.59 Å². The molecule has 31 heavy (non-hydrogen) atoms. The standard InChI is InChI=1S/C24H30N4O3/c1-4-25-23(29)16-27(5-2)17-24(30)28-22(19-11-13-20(31-3)14-12-19)15-21(26-28)18-9-7-6-8-10-18/h6-14,22H,4-5,15-17H2,1-3H3,(H,25,29)/p+1/t22-/m0/s1. The van der Waals surface area contributed by atoms with E-state index in [1.807, 2.05) is 68.4 Å². The van der Waals surface area contributed by atoms with Gasteiger partial charge in [-0.3, -0.25) is 9.59 Å². The maximum absolute atomic E-state index is 13.3. The van der Waals surface area contributed by atoms with E-state index in [2.05, 4.69) is 5.32 Å². The van der Waals surface area contributed by atoms with Crippen molar-refractivity contribution in [2.24, 2.45) is 5.10 Å². The number of rotatable bonds is 9. The van der Waals surface area contributed by atoms with E-state index in [1.165, 1.54) is 0 Å². The zero-order valence-corrected chi connectivity index (χ0v) is 18.4. The van der Waals surface area contributed by atoms with Crippen molar-refractivity contribution in [2.75, 3.05) is 33.3 Å². The zero-order chi connectivity index (χ0) is 22.2. The quantitative estimate of drug-likeness (QED) is 0.641. The van der Waals surface area contributed by atoms with Crippen LogP contribution in [0.15, 0.2) is 59.7 Å². The van der Waals surface area contributed by atoms with Gasteiger partial charge in [-0.05, 0) is 37.1 Å². The van der Waals surface area contributed by atoms with Crippen molar-refractivity contribution in [1.29, 1.82) is 0 Å². The number of carbonyl (C=O) groups is 2. The highest BCUT2D eigenvalue weighted by molar-refractivity contribution is 6.03. The van der Waals surface area contributed by atoms with Crippen LogP contribution in [0.2, 0.25) is 0 Å². The number of nitrogens with one attached hydrogen (secondary N) is 2. The highest BCUT2D eigenvalue weighted by Gasteiger charge is 2.34. The van der Waals surface area contributed by atoms with E-state index in [0.717, 1.165) is 27.5 Å². The first-order valence-corrected chi connectivity index (χ1v) is 10.7. The normalized spacial score (nSPS) is 16.5. The average molecular weight is 424 g/mol. The molecular formula is C24H31N4O3+. The maximum Gasteiger partial charge on any atom is 0.298 e. The first-order valence-electron chi connectivity index (χ1n) is 10.7. The van der Waals surface area contributed by atoms with Crippen LogP contribution in [-0.4, -0.2) is 55.8 Å². The number of nitrogens with zero attached hydrogens (tertiary/aromatic N) is 2. The molecule has 1 aliphatic heterocycles. The Morgan fingerprint density at radius 3 is 2.42 bits per heavy atom. The minimum Gasteiger partial charge on any atom is -0.497 e. The Kier molecular flexibility index (Phi) is 7.78. The fourth-order valence-corrected chi connectivity index (χ4v) is 3.73. The Labute approximate surface area is 183 Å². The molecule has 2 aromatic rings. The number of quaternary nitrogens is 1. The Morgan fingerprint density at radius 2 is 1.81 bits per heavy atom. The first-order chi connectivity index (χ1) is 15.0. The summed E-state index contributed by atoms with van der Waals surface area (Å²) in [5.41, 5.74) is 2.90. The third-order valence-electron chi connectivity index (χ3n) is 5.46. The fraction of sp³-hybridized carbons (Fsp3) is 0.375. The van der Waals surface area contributed by atoms with Gasteiger partial charge in [0.2, 0.25) is 0 Å². The molecule has 0 saturated heterocycles. The largest absolute Gasteiger partial charge is 0.497 e. The van der Waals surface area contributed by atoms with Crippen LogP contribution in [0, 0.1) is 0 Å². The summed E-state index contributed by atoms with van der Waals surface area (Å²) in [6, 6.07) is 17.5. The first kappa shape index (κ1) is 22.5. The number of hydrazone groups is 1. The van der Waals surface area contributed by atoms with E-state index < -0.39 is 0 Å². The van der Waals surface area contributed by atoms with Crippen LogP contribution < -0.4 is 15.0 Å². The van der Waals surface area contributed by atoms with E-state index in [0.29, 0.717) is 19.5 Å². The van der Waals surface area contributed by atoms with Crippen molar-refractivity contribution in [2.45, 2.75) is 26.3 Å². The van der Waals surface area contributed by atoms with Crippen LogP contribution >= 0.6 is 0 Å². The lowest BCUT2D eigenvalue weighted by atomic mass is 9.98. The van der Waals surface area contributed by atoms with Gasteiger partial charge in [-0.25, -0.2) is 5.01 Å². The van der Waals surface area contributed by atoms with Gasteiger partial charge in [0, 0.05) is 13.0 Å². The Hall–Kier alpha value is -3.19. The van der Waals surface area contributed by atoms with Gasteiger partial charge in [0.1, 0.15) is 5.75 Å². The number of ether oxygens (including phenoxy) is 1. The fourth-order valence-electron chi connectivity index (χ4n) is 3.73. The molecule has 0 fully saturated rings. The van der Waals surface area contributed by atoms with Crippen molar-refractivity contribution in [3.8, 4) is 5.75 Å². The summed E-state index contributed by atoms with van der Waals surface area (Å²) < 4.78 is 5.27. The SMILES string of the molecule is CCNC(=O)C[NH+](CC)CC(=O)N1N=C(c2ccccc2)C[C@H]1c1ccc(OC)cc1. The number of methoxy groups -OCH3 is 1. The second kappa shape index (κ2) is 10.7. The van der Waals surface area contributed by atoms with Crippen molar-refractivity contribution in [1.82, 2.24) is 10.3 Å². The molecule has 164 valence electrons. The number of carbonyl (C=O) groups excluding carboxylic acids is 2. The maximum atomic E-state index is 13.3. The lowest BCUT2D eigenvalue weighted by Crippen LogP contribution is -3.14. The molecule has 2 amide bonds. The molecule has 7 heteroatoms. The molecule has 0 aliphatic carbocycles. The topological polar surface area (TPSA) is 75.4 Å². The Bertz CT molecular complexity index is 912. The summed E-state index contributed by atoms with van der Waals surface area (Å²) in [6.45, 7) is 5.61. The second-order valence-electron chi connectivity index (χ2n) is 7.55. The van der Waals surface area contributed by atoms with Gasteiger partial charge >= 0.3 is 0 Å². The molecule has 2 aromatic carbocycles. The van der Waals surface area contributed by atoms with E-state index in [4.69, 9.17) is 9.84 Å². The molecule has 0 saturated carbocycles. The molecule has 0 radical (unpaired) electrons. The summed E-state index contributed by atoms with van der Waals surface area (Å²) in [7, 11) is 1.63. The van der Waals surface area contributed by atoms with Crippen LogP contribution in [0.5, 0.6) is 5.75 Å². The Balaban J connectivity index is 1.83. The van der Waals surface area contributed by atoms with Gasteiger partial charge in [0.05, 0.1) is 25.4 Å². The smallest absolute Gasteiger partial charge is 0.298 e. The average Bonchev–Trinajstić information content (AvgIpc) is 3.25. The predicted molar refractivity (Wildman–Crippen MR) is 120 cm³/mol. The third kappa shape index (κ3) is 5.70. The molecule has 1 aliphatic rings. The van der Waals surface area contributed by atoms with Crippen LogP contribution in [0.1, 0.15) is 37.4 Å². The predicted octanol–water partition coefficient (Wildman–Crippen LogP) is 1.41. The van der Waals surface area contributed by atoms with Gasteiger partial charge < -0.3 is 15.0 Å². The van der Waals surface area contributed by atoms with Gasteiger partial charge in [0.25, 0.3) is 11.8 Å². The molecule has 0 aromatic heterocycles. The van der Waals surface area contributed by atoms with Crippen molar-refractivity contribution in [3.05, 3.63) is 65.7 Å². The van der Waals surface area contributed by atoms with Gasteiger partial charge in [-0.1, -0.05) is 42.5 Å². The summed E-state index contributed by atoms with van der Waals surface area (Å²) in [6.07, 6.45) is 0.639. The van der Waals surface area contributed by atoms with Gasteiger partial charge in [-0.15, -0.1) is 0 Å². The van der Waals surface area contributed by atoms with Gasteiger partial charge in [-0.2, -0.15) is 5.10 Å². The van der Waals surface area contributed by atoms with Gasteiger partial charge in [0.15, 0.2) is 13.1 Å². The minimum atomic E-state index is -0.184. The molecule has 7 nitrogen and oxygen atoms in total. The second-order valence-corrected chi connectivity index (χ2v) is 7.55. The number of amides is 2. The summed E-state index contributed by atoms with van der Waals surface area (Å²) in [4.78, 5) is 26.2. The number of hydrogen-bond acceptors (Lipinski definition) is 4. The van der Waals surface area contributed by atoms with E-state index >= 15 is 0 Å². The summed E-state index contributed by atoms with van der Waals surface area (Å²) in [5, 5.41) is 9.11. The highest BCUT2D eigenvalue weighted by Crippen LogP contribution is 2.33. The lowest BCUT2D eigenvalue weighted by molar-refractivity contribution is -0.882. The molecule has 0 bridgehead atoms. The molecule has 3 rings (SSSR count). The van der Waals surface area contributed by atoms with Crippen LogP contribution in [0.3, 0.4) is 0 Å². The Morgan fingerprint density at radius 1 is 1.10 bits per heavy atom. The third-order valence-corrected chi connectivity index (χ3v) is 5.46. The lowest BCUT2D eigenvalue weighted by Gasteiger charge is -2.24. The van der Waals surface area contributed by atoms with Crippen LogP contribution in [0.25, 0.3) is 0 Å². The summed E-state index contributed by atoms with van der Waals surface area (Å²) >= 11 is 0. The van der Waals surface area contributed by atoms with E-state index in [-0.39, 0.29) is 30.9 Å². The van der Waals surface area contributed by atoms with Crippen molar-refractivity contribution >= 4 is 17.5 Å². The monoisotopic (exact) mass is 423 g/mol. The van der Waals surface area contributed by atoms with Crippen molar-refractivity contribution < 1.29 is 19.2 Å². The zero-order valence-electron chi connectivity index (χ0n) is 18.4. The summed E-state index contributed by atoms with van der Waals surface area (Å²) in [5.74, 6) is 0.633. The van der Waals surface area contributed by atoms with E-state index in [1.54, 1.807) is 12.1 Å². The highest BCUT2D eigenvalue weighted by atomic mass is 16.5. The molecule has 1 unspecified atom stereocenters. The minimum absolute atomic E-state index is 0.0475. The van der Waals surface area contributed by atoms with Crippen molar-refractivity contribution in [3.63, 3.8) is 0 Å². The number of hydrogen-bond donors (Lipinski definition) is 2. The van der Waals surface area contributed by atoms with Crippen LogP contribution in [0.4, 0.5) is 0 Å². The molecular weight excluding hydrogens is 392 g/mol. The molecule has 0 spiro atoms. The molecule has 2 atom stereocenters. The number of benzene rings is 2. The number of likely N-dealkylation sites (N-methyl/N-ethyl adjacent to an activating group) is 2. The molecule has 1 heterocycles.